The number of aliphatic hydroxyl groups is 1. The summed E-state index contributed by atoms with van der Waals surface area (Å²) < 4.78 is 71.8. The van der Waals surface area contributed by atoms with Gasteiger partial charge in [-0.05, 0) is 57.8 Å². The average molecular weight is 1490 g/mol. The van der Waals surface area contributed by atoms with Crippen LogP contribution >= 0.6 is 0 Å². The zero-order valence-corrected chi connectivity index (χ0v) is 66.6. The van der Waals surface area contributed by atoms with Crippen LogP contribution < -0.4 is 16.0 Å². The molecule has 1 heterocycles. The highest BCUT2D eigenvalue weighted by molar-refractivity contribution is 7.80. The van der Waals surface area contributed by atoms with Crippen LogP contribution in [0.15, 0.2) is 0 Å². The Balaban J connectivity index is 3.86. The Kier molecular flexibility index (Phi) is 62.4. The molecule has 1 aliphatic rings. The van der Waals surface area contributed by atoms with Gasteiger partial charge in [0.1, 0.15) is 36.6 Å². The first kappa shape index (κ1) is 97.1. The van der Waals surface area contributed by atoms with E-state index in [-0.39, 0.29) is 25.7 Å². The fourth-order valence-electron chi connectivity index (χ4n) is 13.6. The maximum atomic E-state index is 14.8. The lowest BCUT2D eigenvalue weighted by Gasteiger charge is -2.46. The van der Waals surface area contributed by atoms with Crippen molar-refractivity contribution in [3.63, 3.8) is 0 Å². The topological polar surface area (TPSA) is 306 Å². The summed E-state index contributed by atoms with van der Waals surface area (Å²) in [5, 5.41) is 29.8. The second-order valence-electron chi connectivity index (χ2n) is 29.6. The molecule has 0 aromatic carbocycles. The quantitative estimate of drug-likeness (QED) is 0.0143. The van der Waals surface area contributed by atoms with Gasteiger partial charge in [-0.2, -0.15) is 8.42 Å². The highest BCUT2D eigenvalue weighted by Crippen LogP contribution is 2.29. The van der Waals surface area contributed by atoms with Crippen molar-refractivity contribution in [2.24, 2.45) is 0 Å². The Hall–Kier alpha value is -3.96. The maximum absolute atomic E-state index is 14.8. The Labute approximate surface area is 625 Å². The Morgan fingerprint density at radius 2 is 0.660 bits per heavy atom. The highest BCUT2D eigenvalue weighted by atomic mass is 32.3. The van der Waals surface area contributed by atoms with Crippen LogP contribution in [0.5, 0.6) is 0 Å². The summed E-state index contributed by atoms with van der Waals surface area (Å²) in [5.41, 5.74) is 0. The summed E-state index contributed by atoms with van der Waals surface area (Å²) in [6.45, 7) is 11.1. The van der Waals surface area contributed by atoms with Crippen molar-refractivity contribution in [1.29, 1.82) is 0 Å². The molecule has 21 nitrogen and oxygen atoms in total. The second kappa shape index (κ2) is 66.3. The molecule has 0 saturated carbocycles. The monoisotopic (exact) mass is 1490 g/mol. The SMILES string of the molecule is CCCCCCCCCCC[C@H](CC(=O)NC1C(OC[C@H](NC(=O)C[C@@H](CCCCCCCCCCC)OC(=O)CCCCCCCCC)C(=O)O)OC(CO)C(OS(=O)(=O)O)C1NC(=O)C[C@@H](CCCCCCCCCCC)OC(=O)CCCCCCCCC)OC(=O)CCCCCCCCC. The number of esters is 3. The van der Waals surface area contributed by atoms with E-state index in [2.05, 4.69) is 57.5 Å². The van der Waals surface area contributed by atoms with Gasteiger partial charge in [0.2, 0.25) is 17.7 Å². The van der Waals surface area contributed by atoms with Crippen LogP contribution in [0.3, 0.4) is 0 Å². The molecule has 103 heavy (non-hydrogen) atoms. The lowest BCUT2D eigenvalue weighted by atomic mass is 9.93. The van der Waals surface area contributed by atoms with Gasteiger partial charge < -0.3 is 49.8 Å². The normalized spacial score (nSPS) is 17.3. The van der Waals surface area contributed by atoms with Gasteiger partial charge in [-0.1, -0.05) is 311 Å². The summed E-state index contributed by atoms with van der Waals surface area (Å²) in [7, 11) is -5.43. The van der Waals surface area contributed by atoms with E-state index >= 15 is 0 Å². The predicted molar refractivity (Wildman–Crippen MR) is 408 cm³/mol. The molecule has 0 aromatic heterocycles. The van der Waals surface area contributed by atoms with Crippen molar-refractivity contribution in [2.75, 3.05) is 13.2 Å². The number of aliphatic hydroxyl groups excluding tert-OH is 1. The molecule has 0 radical (unpaired) electrons. The molecule has 22 heteroatoms. The molecule has 5 unspecified atom stereocenters. The Morgan fingerprint density at radius 3 is 0.942 bits per heavy atom. The second-order valence-corrected chi connectivity index (χ2v) is 30.7. The molecule has 1 fully saturated rings. The Morgan fingerprint density at radius 1 is 0.388 bits per heavy atom. The molecule has 0 aliphatic carbocycles. The molecule has 1 aliphatic heterocycles. The van der Waals surface area contributed by atoms with Crippen LogP contribution in [-0.4, -0.2) is 133 Å². The van der Waals surface area contributed by atoms with Crippen LogP contribution in [0.1, 0.15) is 408 Å². The van der Waals surface area contributed by atoms with Crippen LogP contribution in [0.4, 0.5) is 0 Å². The van der Waals surface area contributed by atoms with Gasteiger partial charge in [0.15, 0.2) is 12.3 Å². The fraction of sp³-hybridized carbons (Fsp3) is 0.914. The molecular formula is C81H151N3O18S. The molecule has 0 aromatic rings. The lowest BCUT2D eigenvalue weighted by Crippen LogP contribution is -2.70. The van der Waals surface area contributed by atoms with E-state index in [0.29, 0.717) is 57.8 Å². The van der Waals surface area contributed by atoms with E-state index < -0.39 is 133 Å². The largest absolute Gasteiger partial charge is 0.480 e. The molecule has 1 saturated heterocycles. The van der Waals surface area contributed by atoms with Crippen molar-refractivity contribution in [3.05, 3.63) is 0 Å². The number of hydrogen-bond donors (Lipinski definition) is 6. The van der Waals surface area contributed by atoms with E-state index in [1.807, 2.05) is 0 Å². The van der Waals surface area contributed by atoms with E-state index in [0.717, 1.165) is 225 Å². The molecule has 6 N–H and O–H groups in total. The Bertz CT molecular complexity index is 2240. The van der Waals surface area contributed by atoms with Crippen molar-refractivity contribution < 1.29 is 84.6 Å². The minimum Gasteiger partial charge on any atom is -0.480 e. The van der Waals surface area contributed by atoms with E-state index in [4.69, 9.17) is 27.9 Å². The standard InChI is InChI=1S/C81H151N3O18S/c1-7-13-19-25-31-34-40-43-49-55-66(98-74(89)58-52-46-37-28-22-16-10-4)61-71(86)82-69(80(92)93)65-97-81-78(84-73(88)63-68(57-51-45-42-36-33-27-21-15-9-3)100-76(91)60-54-48-39-30-24-18-12-6)77(79(70(64-85)101-81)102-103(94,95)96)83-72(87)62-67(56-50-44-41-35-32-26-20-14-8-2)99-75(90)59-53-47-38-29-23-17-11-5/h66-70,77-79,81,85H,7-65H2,1-6H3,(H,82,86)(H,83,87)(H,84,88)(H,92,93)(H,94,95,96)/t66-,67-,68-,69+,70?,77?,78?,79?,81?/m1/s1. The lowest BCUT2D eigenvalue weighted by molar-refractivity contribution is -0.247. The molecule has 0 spiro atoms. The number of carbonyl (C=O) groups is 7. The number of rotatable bonds is 73. The number of carbonyl (C=O) groups excluding carboxylic acids is 6. The smallest absolute Gasteiger partial charge is 0.397 e. The van der Waals surface area contributed by atoms with Crippen LogP contribution in [-0.2, 0) is 71.8 Å². The van der Waals surface area contributed by atoms with Gasteiger partial charge in [0, 0.05) is 19.3 Å². The number of unbranched alkanes of at least 4 members (excludes halogenated alkanes) is 42. The maximum Gasteiger partial charge on any atom is 0.397 e. The molecule has 9 atom stereocenters. The van der Waals surface area contributed by atoms with E-state index in [1.54, 1.807) is 0 Å². The van der Waals surface area contributed by atoms with Crippen LogP contribution in [0, 0.1) is 0 Å². The van der Waals surface area contributed by atoms with Crippen molar-refractivity contribution >= 4 is 52.0 Å². The predicted octanol–water partition coefficient (Wildman–Crippen LogP) is 18.5. The number of nitrogens with one attached hydrogen (secondary N) is 3. The molecule has 3 amide bonds. The molecular weight excluding hydrogens is 1330 g/mol. The van der Waals surface area contributed by atoms with Crippen molar-refractivity contribution in [1.82, 2.24) is 16.0 Å². The third-order valence-electron chi connectivity index (χ3n) is 19.8. The molecule has 604 valence electrons. The molecule has 0 bridgehead atoms. The third-order valence-corrected chi connectivity index (χ3v) is 20.3. The number of amides is 3. The zero-order chi connectivity index (χ0) is 75.8. The third kappa shape index (κ3) is 55.2. The van der Waals surface area contributed by atoms with Crippen LogP contribution in [0.2, 0.25) is 0 Å². The van der Waals surface area contributed by atoms with Crippen LogP contribution in [0.25, 0.3) is 0 Å². The first-order valence-electron chi connectivity index (χ1n) is 42.1. The summed E-state index contributed by atoms with van der Waals surface area (Å²) in [6, 6.07) is -5.26. The summed E-state index contributed by atoms with van der Waals surface area (Å²) in [4.78, 5) is 97.4. The van der Waals surface area contributed by atoms with Crippen molar-refractivity contribution in [3.8, 4) is 0 Å². The first-order chi connectivity index (χ1) is 49.8. The minimum absolute atomic E-state index is 0.137. The fourth-order valence-corrected chi connectivity index (χ4v) is 14.1. The van der Waals surface area contributed by atoms with Gasteiger partial charge in [0.25, 0.3) is 0 Å². The highest BCUT2D eigenvalue weighted by Gasteiger charge is 2.51. The minimum atomic E-state index is -5.43. The zero-order valence-electron chi connectivity index (χ0n) is 65.8. The average Bonchev–Trinajstić information content (AvgIpc) is 0.780. The van der Waals surface area contributed by atoms with E-state index in [1.165, 1.54) is 44.9 Å². The van der Waals surface area contributed by atoms with Gasteiger partial charge in [0.05, 0.1) is 38.5 Å². The van der Waals surface area contributed by atoms with Gasteiger partial charge in [-0.15, -0.1) is 0 Å². The summed E-state index contributed by atoms with van der Waals surface area (Å²) in [6.07, 6.45) is 40.5. The first-order valence-corrected chi connectivity index (χ1v) is 43.4. The summed E-state index contributed by atoms with van der Waals surface area (Å²) >= 11 is 0. The van der Waals surface area contributed by atoms with Gasteiger partial charge in [-0.3, -0.25) is 33.3 Å². The number of carboxylic acids is 1. The van der Waals surface area contributed by atoms with E-state index in [9.17, 15) is 56.7 Å². The number of hydrogen-bond acceptors (Lipinski definition) is 16. The van der Waals surface area contributed by atoms with Gasteiger partial charge >= 0.3 is 34.3 Å². The van der Waals surface area contributed by atoms with Crippen molar-refractivity contribution in [2.45, 2.75) is 462 Å². The van der Waals surface area contributed by atoms with Gasteiger partial charge in [-0.25, -0.2) is 8.98 Å². The number of ether oxygens (including phenoxy) is 5. The summed E-state index contributed by atoms with van der Waals surface area (Å²) in [5.74, 6) is -5.25. The number of carboxylic acid groups (broad SMARTS) is 1. The number of aliphatic carboxylic acids is 1. The molecule has 1 rings (SSSR count).